The second-order valence-corrected chi connectivity index (χ2v) is 9.23. The van der Waals surface area contributed by atoms with Crippen molar-refractivity contribution < 1.29 is 17.9 Å². The summed E-state index contributed by atoms with van der Waals surface area (Å²) in [6.07, 6.45) is -0.718. The van der Waals surface area contributed by atoms with Gasteiger partial charge in [0.15, 0.2) is 12.0 Å². The molecule has 0 radical (unpaired) electrons. The number of carbonyl (C=O) groups excluding carboxylic acids is 1. The quantitative estimate of drug-likeness (QED) is 0.555. The molecule has 0 N–H and O–H groups in total. The smallest absolute Gasteiger partial charge is 0.245 e. The van der Waals surface area contributed by atoms with Gasteiger partial charge in [0.2, 0.25) is 10.0 Å². The Morgan fingerprint density at radius 2 is 1.53 bits per heavy atom. The van der Waals surface area contributed by atoms with Crippen molar-refractivity contribution in [2.75, 3.05) is 6.61 Å². The van der Waals surface area contributed by atoms with E-state index in [-0.39, 0.29) is 23.7 Å². The Morgan fingerprint density at radius 1 is 0.933 bits per heavy atom. The van der Waals surface area contributed by atoms with E-state index >= 15 is 0 Å². The Hall–Kier alpha value is -2.80. The van der Waals surface area contributed by atoms with E-state index in [0.29, 0.717) is 5.56 Å². The lowest BCUT2D eigenvalue weighted by Crippen LogP contribution is -2.39. The molecule has 0 unspecified atom stereocenters. The Labute approximate surface area is 177 Å². The van der Waals surface area contributed by atoms with Crippen LogP contribution in [0.3, 0.4) is 0 Å². The summed E-state index contributed by atoms with van der Waals surface area (Å²) in [6.45, 7) is 2.06. The number of ketones is 1. The van der Waals surface area contributed by atoms with Gasteiger partial charge in [-0.05, 0) is 24.6 Å². The first-order chi connectivity index (χ1) is 14.5. The summed E-state index contributed by atoms with van der Waals surface area (Å²) in [7, 11) is -3.87. The first kappa shape index (κ1) is 20.5. The van der Waals surface area contributed by atoms with Crippen molar-refractivity contribution in [1.82, 2.24) is 4.31 Å². The van der Waals surface area contributed by atoms with E-state index in [4.69, 9.17) is 4.74 Å². The second kappa shape index (κ2) is 8.52. The standard InChI is InChI=1S/C24H23NO4S/c1-18-12-14-22(15-13-18)30(27,28)25-21(16-23(26)19-8-4-2-5-9-19)17-29-24(25)20-10-6-3-7-11-20/h2-15,21,24H,16-17H2,1H3/t21-,24-/m1/s1. The summed E-state index contributed by atoms with van der Waals surface area (Å²) >= 11 is 0. The van der Waals surface area contributed by atoms with Crippen molar-refractivity contribution in [3.05, 3.63) is 102 Å². The molecule has 4 rings (SSSR count). The molecule has 0 saturated carbocycles. The van der Waals surface area contributed by atoms with E-state index in [0.717, 1.165) is 11.1 Å². The molecule has 3 aromatic rings. The molecule has 1 fully saturated rings. The van der Waals surface area contributed by atoms with Gasteiger partial charge in [0.1, 0.15) is 0 Å². The Kier molecular flexibility index (Phi) is 5.81. The van der Waals surface area contributed by atoms with Gasteiger partial charge in [0.05, 0.1) is 17.5 Å². The van der Waals surface area contributed by atoms with Gasteiger partial charge in [-0.15, -0.1) is 0 Å². The molecular formula is C24H23NO4S. The average Bonchev–Trinajstić information content (AvgIpc) is 3.19. The maximum absolute atomic E-state index is 13.6. The van der Waals surface area contributed by atoms with Crippen LogP contribution in [0.1, 0.15) is 34.1 Å². The normalized spacial score (nSPS) is 19.6. The van der Waals surface area contributed by atoms with E-state index in [1.807, 2.05) is 43.3 Å². The summed E-state index contributed by atoms with van der Waals surface area (Å²) in [5, 5.41) is 0. The summed E-state index contributed by atoms with van der Waals surface area (Å²) in [5.74, 6) is -0.109. The molecule has 154 valence electrons. The molecule has 0 aromatic heterocycles. The van der Waals surface area contributed by atoms with Crippen molar-refractivity contribution in [2.45, 2.75) is 30.5 Å². The van der Waals surface area contributed by atoms with E-state index < -0.39 is 22.3 Å². The first-order valence-electron chi connectivity index (χ1n) is 9.82. The van der Waals surface area contributed by atoms with E-state index in [1.165, 1.54) is 4.31 Å². The number of nitrogens with zero attached hydrogens (tertiary/aromatic N) is 1. The minimum atomic E-state index is -3.87. The van der Waals surface area contributed by atoms with E-state index in [2.05, 4.69) is 0 Å². The fourth-order valence-electron chi connectivity index (χ4n) is 3.66. The molecule has 0 amide bonds. The van der Waals surface area contributed by atoms with E-state index in [9.17, 15) is 13.2 Å². The average molecular weight is 422 g/mol. The molecule has 2 atom stereocenters. The third-order valence-electron chi connectivity index (χ3n) is 5.24. The number of benzene rings is 3. The monoisotopic (exact) mass is 421 g/mol. The summed E-state index contributed by atoms with van der Waals surface area (Å²) in [6, 6.07) is 24.3. The number of aryl methyl sites for hydroxylation is 1. The third kappa shape index (κ3) is 4.07. The number of ether oxygens (including phenoxy) is 1. The Balaban J connectivity index is 1.71. The zero-order valence-corrected chi connectivity index (χ0v) is 17.5. The van der Waals surface area contributed by atoms with Gasteiger partial charge in [0, 0.05) is 12.0 Å². The molecule has 3 aromatic carbocycles. The molecule has 0 bridgehead atoms. The van der Waals surface area contributed by atoms with Crippen LogP contribution in [0.5, 0.6) is 0 Å². The van der Waals surface area contributed by atoms with Gasteiger partial charge in [-0.1, -0.05) is 78.4 Å². The van der Waals surface area contributed by atoms with Crippen molar-refractivity contribution in [3.63, 3.8) is 0 Å². The Morgan fingerprint density at radius 3 is 2.17 bits per heavy atom. The Bertz CT molecular complexity index is 1110. The SMILES string of the molecule is Cc1ccc(S(=O)(=O)N2[C@H](CC(=O)c3ccccc3)CO[C@@H]2c2ccccc2)cc1. The summed E-state index contributed by atoms with van der Waals surface area (Å²) < 4.78 is 34.5. The second-order valence-electron chi connectivity index (χ2n) is 7.39. The van der Waals surface area contributed by atoms with Gasteiger partial charge in [-0.2, -0.15) is 4.31 Å². The number of hydrogen-bond donors (Lipinski definition) is 0. The molecule has 0 aliphatic carbocycles. The van der Waals surface area contributed by atoms with Crippen LogP contribution in [0, 0.1) is 6.92 Å². The van der Waals surface area contributed by atoms with Crippen LogP contribution in [0.2, 0.25) is 0 Å². The van der Waals surface area contributed by atoms with Crippen LogP contribution in [-0.2, 0) is 14.8 Å². The topological polar surface area (TPSA) is 63.7 Å². The minimum Gasteiger partial charge on any atom is -0.356 e. The predicted octanol–water partition coefficient (Wildman–Crippen LogP) is 4.36. The number of sulfonamides is 1. The fourth-order valence-corrected chi connectivity index (χ4v) is 5.35. The van der Waals surface area contributed by atoms with Crippen LogP contribution in [0.25, 0.3) is 0 Å². The first-order valence-corrected chi connectivity index (χ1v) is 11.3. The minimum absolute atomic E-state index is 0.0540. The molecule has 5 nitrogen and oxygen atoms in total. The van der Waals surface area contributed by atoms with Crippen molar-refractivity contribution in [3.8, 4) is 0 Å². The van der Waals surface area contributed by atoms with Gasteiger partial charge < -0.3 is 4.74 Å². The highest BCUT2D eigenvalue weighted by molar-refractivity contribution is 7.89. The summed E-state index contributed by atoms with van der Waals surface area (Å²) in [4.78, 5) is 13.0. The molecule has 6 heteroatoms. The van der Waals surface area contributed by atoms with Crippen LogP contribution in [-0.4, -0.2) is 31.2 Å². The zero-order valence-electron chi connectivity index (χ0n) is 16.6. The molecule has 1 aliphatic heterocycles. The highest BCUT2D eigenvalue weighted by Crippen LogP contribution is 2.37. The number of carbonyl (C=O) groups is 1. The fraction of sp³-hybridized carbons (Fsp3) is 0.208. The highest BCUT2D eigenvalue weighted by Gasteiger charge is 2.44. The highest BCUT2D eigenvalue weighted by atomic mass is 32.2. The predicted molar refractivity (Wildman–Crippen MR) is 115 cm³/mol. The maximum atomic E-state index is 13.6. The molecule has 1 aliphatic rings. The van der Waals surface area contributed by atoms with Gasteiger partial charge in [0.25, 0.3) is 0 Å². The zero-order chi connectivity index (χ0) is 21.1. The van der Waals surface area contributed by atoms with Crippen molar-refractivity contribution in [1.29, 1.82) is 0 Å². The van der Waals surface area contributed by atoms with E-state index in [1.54, 1.807) is 48.5 Å². The van der Waals surface area contributed by atoms with Crippen LogP contribution >= 0.6 is 0 Å². The van der Waals surface area contributed by atoms with Gasteiger partial charge >= 0.3 is 0 Å². The lowest BCUT2D eigenvalue weighted by Gasteiger charge is -2.27. The van der Waals surface area contributed by atoms with Crippen molar-refractivity contribution in [2.24, 2.45) is 0 Å². The lowest BCUT2D eigenvalue weighted by molar-refractivity contribution is 0.0680. The summed E-state index contributed by atoms with van der Waals surface area (Å²) in [5.41, 5.74) is 2.28. The van der Waals surface area contributed by atoms with Crippen LogP contribution in [0.15, 0.2) is 89.8 Å². The largest absolute Gasteiger partial charge is 0.356 e. The maximum Gasteiger partial charge on any atom is 0.245 e. The lowest BCUT2D eigenvalue weighted by atomic mass is 10.0. The number of hydrogen-bond acceptors (Lipinski definition) is 4. The van der Waals surface area contributed by atoms with Gasteiger partial charge in [-0.25, -0.2) is 8.42 Å². The van der Waals surface area contributed by atoms with Gasteiger partial charge in [-0.3, -0.25) is 4.79 Å². The third-order valence-corrected chi connectivity index (χ3v) is 7.15. The van der Waals surface area contributed by atoms with Crippen LogP contribution < -0.4 is 0 Å². The molecular weight excluding hydrogens is 398 g/mol. The molecule has 0 spiro atoms. The van der Waals surface area contributed by atoms with Crippen LogP contribution in [0.4, 0.5) is 0 Å². The number of Topliss-reactive ketones (excluding diaryl/α,β-unsaturated/α-hetero) is 1. The molecule has 1 heterocycles. The van der Waals surface area contributed by atoms with Crippen molar-refractivity contribution >= 4 is 15.8 Å². The molecule has 1 saturated heterocycles. The molecule has 30 heavy (non-hydrogen) atoms. The number of rotatable bonds is 6.